The molecule has 5 nitrogen and oxygen atoms in total. The van der Waals surface area contributed by atoms with Crippen molar-refractivity contribution >= 4 is 40.5 Å². The molecule has 0 aliphatic carbocycles. The van der Waals surface area contributed by atoms with Gasteiger partial charge in [-0.1, -0.05) is 59.1 Å². The van der Waals surface area contributed by atoms with Gasteiger partial charge in [-0.15, -0.1) is 0 Å². The van der Waals surface area contributed by atoms with E-state index < -0.39 is 6.35 Å². The first-order chi connectivity index (χ1) is 17.3. The number of rotatable bonds is 9. The molecule has 36 heavy (non-hydrogen) atoms. The van der Waals surface area contributed by atoms with Crippen LogP contribution in [-0.4, -0.2) is 50.2 Å². The molecule has 1 saturated heterocycles. The fourth-order valence-corrected chi connectivity index (χ4v) is 5.59. The van der Waals surface area contributed by atoms with Gasteiger partial charge in [-0.05, 0) is 92.3 Å². The third kappa shape index (κ3) is 7.06. The highest BCUT2D eigenvalue weighted by Gasteiger charge is 2.27. The summed E-state index contributed by atoms with van der Waals surface area (Å²) in [5.74, 6) is 1.54. The molecule has 1 heterocycles. The second kappa shape index (κ2) is 12.5. The van der Waals surface area contributed by atoms with Crippen LogP contribution in [0.5, 0.6) is 5.75 Å². The summed E-state index contributed by atoms with van der Waals surface area (Å²) < 4.78 is 5.54. The first-order valence-electron chi connectivity index (χ1n) is 12.1. The summed E-state index contributed by atoms with van der Waals surface area (Å²) in [4.78, 5) is 2.37. The molecule has 0 amide bonds. The Morgan fingerprint density at radius 3 is 2.25 bits per heavy atom. The second-order valence-corrected chi connectivity index (χ2v) is 10.6. The molecule has 1 aliphatic rings. The van der Waals surface area contributed by atoms with Gasteiger partial charge in [0.1, 0.15) is 5.75 Å². The van der Waals surface area contributed by atoms with E-state index in [9.17, 15) is 5.11 Å². The van der Waals surface area contributed by atoms with Crippen molar-refractivity contribution in [2.24, 2.45) is 5.92 Å². The van der Waals surface area contributed by atoms with Crippen molar-refractivity contribution < 1.29 is 9.84 Å². The summed E-state index contributed by atoms with van der Waals surface area (Å²) in [6.07, 6.45) is 1.28. The molecule has 8 heteroatoms. The van der Waals surface area contributed by atoms with E-state index in [0.717, 1.165) is 42.8 Å². The summed E-state index contributed by atoms with van der Waals surface area (Å²) in [7, 11) is 3.83. The molecule has 3 aromatic rings. The number of methoxy groups -OCH3 is 1. The highest BCUT2D eigenvalue weighted by atomic mass is 35.5. The van der Waals surface area contributed by atoms with Crippen molar-refractivity contribution in [2.75, 3.05) is 39.1 Å². The Morgan fingerprint density at radius 2 is 1.61 bits per heavy atom. The predicted molar refractivity (Wildman–Crippen MR) is 150 cm³/mol. The van der Waals surface area contributed by atoms with Crippen LogP contribution in [0.3, 0.4) is 0 Å². The number of piperidine rings is 1. The van der Waals surface area contributed by atoms with E-state index in [1.165, 1.54) is 5.56 Å². The van der Waals surface area contributed by atoms with Crippen LogP contribution in [0.1, 0.15) is 24.3 Å². The number of nitrogens with one attached hydrogen (secondary N) is 2. The van der Waals surface area contributed by atoms with E-state index in [2.05, 4.69) is 46.8 Å². The number of ether oxygens (including phenoxy) is 1. The lowest BCUT2D eigenvalue weighted by Gasteiger charge is -2.35. The van der Waals surface area contributed by atoms with Gasteiger partial charge in [0.25, 0.3) is 0 Å². The lowest BCUT2D eigenvalue weighted by Crippen LogP contribution is -2.41. The number of hydrogen-bond acceptors (Lipinski definition) is 5. The van der Waals surface area contributed by atoms with Crippen LogP contribution in [0.4, 0.5) is 5.69 Å². The Bertz CT molecular complexity index is 1130. The van der Waals surface area contributed by atoms with Crippen molar-refractivity contribution in [3.05, 3.63) is 81.3 Å². The lowest BCUT2D eigenvalue weighted by molar-refractivity contribution is 0.147. The van der Waals surface area contributed by atoms with Gasteiger partial charge in [-0.2, -0.15) is 0 Å². The van der Waals surface area contributed by atoms with Crippen molar-refractivity contribution in [1.29, 1.82) is 0 Å². The van der Waals surface area contributed by atoms with E-state index >= 15 is 0 Å². The lowest BCUT2D eigenvalue weighted by atomic mass is 9.79. The monoisotopic (exact) mass is 547 g/mol. The predicted octanol–water partition coefficient (Wildman–Crippen LogP) is 6.73. The fraction of sp³-hybridized carbons (Fsp3) is 0.357. The van der Waals surface area contributed by atoms with E-state index in [1.807, 2.05) is 18.2 Å². The number of benzene rings is 3. The number of aliphatic hydroxyl groups excluding tert-OH is 1. The minimum absolute atomic E-state index is 0.244. The topological polar surface area (TPSA) is 56.8 Å². The molecule has 0 saturated carbocycles. The fourth-order valence-electron chi connectivity index (χ4n) is 4.89. The van der Waals surface area contributed by atoms with Gasteiger partial charge in [0.2, 0.25) is 0 Å². The molecular weight excluding hydrogens is 517 g/mol. The van der Waals surface area contributed by atoms with Crippen LogP contribution in [0.2, 0.25) is 15.1 Å². The maximum Gasteiger partial charge on any atom is 0.181 e. The van der Waals surface area contributed by atoms with Gasteiger partial charge < -0.3 is 20.1 Å². The van der Waals surface area contributed by atoms with Gasteiger partial charge in [0, 0.05) is 32.9 Å². The third-order valence-electron chi connectivity index (χ3n) is 6.84. The van der Waals surface area contributed by atoms with Crippen molar-refractivity contribution in [2.45, 2.75) is 25.1 Å². The first-order valence-corrected chi connectivity index (χ1v) is 13.2. The number of halogens is 3. The van der Waals surface area contributed by atoms with Crippen LogP contribution in [0.25, 0.3) is 11.1 Å². The Morgan fingerprint density at radius 1 is 0.944 bits per heavy atom. The minimum atomic E-state index is -0.941. The van der Waals surface area contributed by atoms with Gasteiger partial charge in [-0.25, -0.2) is 0 Å². The molecule has 0 spiro atoms. The molecule has 1 aliphatic heterocycles. The van der Waals surface area contributed by atoms with E-state index in [0.29, 0.717) is 33.2 Å². The van der Waals surface area contributed by atoms with Crippen molar-refractivity contribution in [3.63, 3.8) is 0 Å². The normalized spacial score (nSPS) is 16.5. The van der Waals surface area contributed by atoms with Crippen LogP contribution < -0.4 is 15.4 Å². The number of hydrogen-bond donors (Lipinski definition) is 3. The van der Waals surface area contributed by atoms with Gasteiger partial charge in [-0.3, -0.25) is 5.32 Å². The summed E-state index contributed by atoms with van der Waals surface area (Å²) in [5, 5.41) is 18.6. The molecular formula is C28H32Cl3N3O2. The van der Waals surface area contributed by atoms with Gasteiger partial charge >= 0.3 is 0 Å². The van der Waals surface area contributed by atoms with E-state index in [-0.39, 0.29) is 5.92 Å². The first kappa shape index (κ1) is 27.1. The highest BCUT2D eigenvalue weighted by Crippen LogP contribution is 2.36. The third-order valence-corrected chi connectivity index (χ3v) is 7.51. The average molecular weight is 549 g/mol. The number of anilines is 1. The van der Waals surface area contributed by atoms with E-state index in [4.69, 9.17) is 39.5 Å². The summed E-state index contributed by atoms with van der Waals surface area (Å²) >= 11 is 18.4. The second-order valence-electron chi connectivity index (χ2n) is 9.33. The zero-order valence-corrected chi connectivity index (χ0v) is 22.7. The Balaban J connectivity index is 1.51. The van der Waals surface area contributed by atoms with Crippen LogP contribution >= 0.6 is 34.8 Å². The maximum atomic E-state index is 10.7. The molecule has 3 aromatic carbocycles. The largest absolute Gasteiger partial charge is 0.496 e. The van der Waals surface area contributed by atoms with Gasteiger partial charge in [0.05, 0.1) is 7.11 Å². The number of aliphatic hydroxyl groups is 1. The molecule has 192 valence electrons. The smallest absolute Gasteiger partial charge is 0.181 e. The Hall–Kier alpha value is -1.99. The standard InChI is InChI=1S/C28H32Cl3N3O2/c1-34-11-9-20(10-12-34)26(17-32-28(35)33-24-14-22(30)13-23(31)15-24)19-5-3-18(4-6-19)25-16-21(29)7-8-27(25)36-2/h3-8,13-16,20,26,28,32-33,35H,9-12,17H2,1-2H3. The Labute approximate surface area is 228 Å². The molecule has 0 bridgehead atoms. The maximum absolute atomic E-state index is 10.7. The van der Waals surface area contributed by atoms with Crippen molar-refractivity contribution in [1.82, 2.24) is 10.2 Å². The van der Waals surface area contributed by atoms with Crippen LogP contribution in [-0.2, 0) is 0 Å². The van der Waals surface area contributed by atoms with Crippen LogP contribution in [0, 0.1) is 5.92 Å². The summed E-state index contributed by atoms with van der Waals surface area (Å²) in [5.41, 5.74) is 3.90. The molecule has 0 aromatic heterocycles. The number of likely N-dealkylation sites (tertiary alicyclic amines) is 1. The zero-order chi connectivity index (χ0) is 25.7. The summed E-state index contributed by atoms with van der Waals surface area (Å²) in [6, 6.07) is 19.4. The van der Waals surface area contributed by atoms with E-state index in [1.54, 1.807) is 25.3 Å². The Kier molecular flexibility index (Phi) is 9.40. The van der Waals surface area contributed by atoms with Crippen LogP contribution in [0.15, 0.2) is 60.7 Å². The molecule has 4 rings (SSSR count). The molecule has 1 fully saturated rings. The SMILES string of the molecule is COc1ccc(Cl)cc1-c1ccc(C(CNC(O)Nc2cc(Cl)cc(Cl)c2)C2CCN(C)CC2)cc1. The molecule has 0 radical (unpaired) electrons. The molecule has 3 N–H and O–H groups in total. The quantitative estimate of drug-likeness (QED) is 0.259. The summed E-state index contributed by atoms with van der Waals surface area (Å²) in [6.45, 7) is 2.76. The number of nitrogens with zero attached hydrogens (tertiary/aromatic N) is 1. The molecule has 2 atom stereocenters. The minimum Gasteiger partial charge on any atom is -0.496 e. The van der Waals surface area contributed by atoms with Crippen molar-refractivity contribution in [3.8, 4) is 16.9 Å². The zero-order valence-electron chi connectivity index (χ0n) is 20.5. The molecule has 2 unspecified atom stereocenters. The highest BCUT2D eigenvalue weighted by molar-refractivity contribution is 6.35. The van der Waals surface area contributed by atoms with Gasteiger partial charge in [0.15, 0.2) is 6.35 Å². The average Bonchev–Trinajstić information content (AvgIpc) is 2.85.